The molecule has 0 saturated heterocycles. The molecule has 0 aromatic heterocycles. The molecule has 2 aliphatic heterocycles. The van der Waals surface area contributed by atoms with E-state index >= 15 is 0 Å². The Morgan fingerprint density at radius 2 is 2.06 bits per heavy atom. The van der Waals surface area contributed by atoms with Gasteiger partial charge in [0.2, 0.25) is 0 Å². The smallest absolute Gasteiger partial charge is 0.261 e. The van der Waals surface area contributed by atoms with Crippen LogP contribution >= 0.6 is 20.7 Å². The lowest BCUT2D eigenvalue weighted by Gasteiger charge is -2.32. The number of hydrogen-bond donors (Lipinski definition) is 3. The number of nitrogens with zero attached hydrogens (tertiary/aromatic N) is 2. The van der Waals surface area contributed by atoms with Gasteiger partial charge in [0.1, 0.15) is 17.2 Å². The van der Waals surface area contributed by atoms with Crippen molar-refractivity contribution in [1.82, 2.24) is 9.99 Å². The lowest BCUT2D eigenvalue weighted by Crippen LogP contribution is -2.42. The van der Waals surface area contributed by atoms with Gasteiger partial charge in [-0.05, 0) is 48.8 Å². The minimum atomic E-state index is -0.213. The molecule has 3 aliphatic rings. The molecule has 6 nitrogen and oxygen atoms in total. The van der Waals surface area contributed by atoms with E-state index in [1.807, 2.05) is 23.3 Å². The van der Waals surface area contributed by atoms with Gasteiger partial charge >= 0.3 is 0 Å². The highest BCUT2D eigenvalue weighted by Gasteiger charge is 2.46. The fraction of sp³-hybridized carbons (Fsp3) is 0.565. The zero-order chi connectivity index (χ0) is 22.2. The Kier molecular flexibility index (Phi) is 6.55. The average molecular weight is 461 g/mol. The second-order valence-electron chi connectivity index (χ2n) is 9.81. The van der Waals surface area contributed by atoms with Crippen molar-refractivity contribution in [2.24, 2.45) is 16.3 Å². The van der Waals surface area contributed by atoms with Gasteiger partial charge in [0.25, 0.3) is 5.91 Å². The Bertz CT molecular complexity index is 919. The van der Waals surface area contributed by atoms with Gasteiger partial charge in [0, 0.05) is 32.5 Å². The first kappa shape index (κ1) is 22.5. The van der Waals surface area contributed by atoms with Crippen LogP contribution in [0.2, 0.25) is 0 Å². The second-order valence-corrected chi connectivity index (χ2v) is 11.5. The average Bonchev–Trinajstić information content (AvgIpc) is 3.32. The van der Waals surface area contributed by atoms with E-state index in [0.717, 1.165) is 35.9 Å². The number of rotatable bonds is 6. The maximum Gasteiger partial charge on any atom is 0.261 e. The van der Waals surface area contributed by atoms with Gasteiger partial charge in [0.05, 0.1) is 11.7 Å². The maximum atomic E-state index is 13.5. The summed E-state index contributed by atoms with van der Waals surface area (Å²) in [5, 5.41) is 15.7. The number of carbonyl (C=O) groups excluding carboxylic acids is 1. The van der Waals surface area contributed by atoms with E-state index in [2.05, 4.69) is 36.6 Å². The molecule has 3 N–H and O–H groups in total. The van der Waals surface area contributed by atoms with Crippen molar-refractivity contribution in [3.63, 3.8) is 0 Å². The fourth-order valence-electron chi connectivity index (χ4n) is 4.65. The first-order valence-corrected chi connectivity index (χ1v) is 13.3. The van der Waals surface area contributed by atoms with Crippen LogP contribution in [0.3, 0.4) is 0 Å². The van der Waals surface area contributed by atoms with Gasteiger partial charge in [-0.15, -0.1) is 0 Å². The number of fused-ring (bicyclic) bond motifs is 1. The number of amidine groups is 1. The van der Waals surface area contributed by atoms with Crippen LogP contribution in [0.1, 0.15) is 52.9 Å². The molecule has 1 fully saturated rings. The molecular formula is C23H33N4O2PS. The summed E-state index contributed by atoms with van der Waals surface area (Å²) in [6.45, 7) is 7.23. The molecule has 1 aromatic carbocycles. The topological polar surface area (TPSA) is 77.0 Å². The van der Waals surface area contributed by atoms with Crippen LogP contribution in [-0.4, -0.2) is 40.6 Å². The van der Waals surface area contributed by atoms with Crippen molar-refractivity contribution < 1.29 is 9.90 Å². The highest BCUT2D eigenvalue weighted by Crippen LogP contribution is 2.40. The highest BCUT2D eigenvalue weighted by molar-refractivity contribution is 7.99. The van der Waals surface area contributed by atoms with E-state index in [9.17, 15) is 9.90 Å². The Balaban J connectivity index is 1.65. The monoisotopic (exact) mass is 460 g/mol. The minimum absolute atomic E-state index is 0.0844. The SMILES string of the molecule is CSNc1ccc2c(c1)PNC(C1=C(O)C(C3CCCC3)N(CCC(C)(C)C)C1=O)=N2. The number of nitrogens with one attached hydrogen (secondary N) is 2. The molecule has 1 aliphatic carbocycles. The third kappa shape index (κ3) is 4.73. The van der Waals surface area contributed by atoms with E-state index in [1.54, 1.807) is 11.9 Å². The summed E-state index contributed by atoms with van der Waals surface area (Å²) in [5.74, 6) is 0.977. The van der Waals surface area contributed by atoms with E-state index in [-0.39, 0.29) is 23.1 Å². The van der Waals surface area contributed by atoms with Crippen LogP contribution in [-0.2, 0) is 4.79 Å². The molecule has 168 valence electrons. The van der Waals surface area contributed by atoms with Crippen LogP contribution in [0.15, 0.2) is 34.5 Å². The second kappa shape index (κ2) is 9.03. The number of benzene rings is 1. The predicted molar refractivity (Wildman–Crippen MR) is 133 cm³/mol. The van der Waals surface area contributed by atoms with Crippen molar-refractivity contribution in [2.45, 2.75) is 58.9 Å². The quantitative estimate of drug-likeness (QED) is 0.417. The summed E-state index contributed by atoms with van der Waals surface area (Å²) in [7, 11) is 0.297. The summed E-state index contributed by atoms with van der Waals surface area (Å²) in [6, 6.07) is 5.84. The molecule has 0 radical (unpaired) electrons. The maximum absolute atomic E-state index is 13.5. The van der Waals surface area contributed by atoms with E-state index in [1.165, 1.54) is 12.8 Å². The number of amides is 1. The first-order chi connectivity index (χ1) is 14.8. The zero-order valence-corrected chi connectivity index (χ0v) is 20.6. The van der Waals surface area contributed by atoms with Gasteiger partial charge < -0.3 is 19.8 Å². The lowest BCUT2D eigenvalue weighted by atomic mass is 9.91. The molecule has 0 bridgehead atoms. The van der Waals surface area contributed by atoms with Gasteiger partial charge in [-0.25, -0.2) is 4.99 Å². The molecule has 1 saturated carbocycles. The molecule has 1 aromatic rings. The van der Waals surface area contributed by atoms with Crippen LogP contribution in [0, 0.1) is 11.3 Å². The summed E-state index contributed by atoms with van der Waals surface area (Å²) < 4.78 is 3.24. The minimum Gasteiger partial charge on any atom is -0.509 e. The van der Waals surface area contributed by atoms with Gasteiger partial charge in [-0.1, -0.05) is 45.6 Å². The third-order valence-electron chi connectivity index (χ3n) is 6.30. The number of aliphatic imine (C=N–C) groups is 1. The predicted octanol–water partition coefficient (Wildman–Crippen LogP) is 4.88. The summed E-state index contributed by atoms with van der Waals surface area (Å²) >= 11 is 1.55. The molecule has 8 heteroatoms. The third-order valence-corrected chi connectivity index (χ3v) is 7.77. The number of anilines is 1. The zero-order valence-electron chi connectivity index (χ0n) is 18.8. The van der Waals surface area contributed by atoms with Crippen LogP contribution in [0.4, 0.5) is 11.4 Å². The van der Waals surface area contributed by atoms with Crippen molar-refractivity contribution in [1.29, 1.82) is 0 Å². The molecule has 31 heavy (non-hydrogen) atoms. The number of carbonyl (C=O) groups is 1. The Morgan fingerprint density at radius 3 is 2.74 bits per heavy atom. The number of hydrogen-bond acceptors (Lipinski definition) is 6. The van der Waals surface area contributed by atoms with Crippen molar-refractivity contribution in [3.05, 3.63) is 29.5 Å². The van der Waals surface area contributed by atoms with E-state index in [4.69, 9.17) is 4.99 Å². The van der Waals surface area contributed by atoms with Crippen molar-refractivity contribution in [3.8, 4) is 0 Å². The molecule has 2 unspecified atom stereocenters. The molecule has 1 amide bonds. The Labute approximate surface area is 191 Å². The van der Waals surface area contributed by atoms with Crippen LogP contribution in [0.5, 0.6) is 0 Å². The molecule has 0 spiro atoms. The lowest BCUT2D eigenvalue weighted by molar-refractivity contribution is -0.127. The first-order valence-electron chi connectivity index (χ1n) is 11.1. The van der Waals surface area contributed by atoms with E-state index < -0.39 is 0 Å². The largest absolute Gasteiger partial charge is 0.509 e. The van der Waals surface area contributed by atoms with Crippen LogP contribution < -0.4 is 15.1 Å². The highest BCUT2D eigenvalue weighted by atomic mass is 32.2. The van der Waals surface area contributed by atoms with Crippen molar-refractivity contribution >= 4 is 49.1 Å². The Morgan fingerprint density at radius 1 is 1.32 bits per heavy atom. The standard InChI is InChI=1S/C23H33N4O2PS/c1-23(2,3)11-12-27-19(14-7-5-6-8-14)20(28)18(22(27)29)21-24-16-10-9-15(26-31-4)13-17(16)30-25-21/h9-10,13-14,19,26,28,30H,5-8,11-12H2,1-4H3,(H,24,25). The molecule has 4 rings (SSSR count). The molecule has 2 heterocycles. The summed E-state index contributed by atoms with van der Waals surface area (Å²) in [5.41, 5.74) is 2.39. The van der Waals surface area contributed by atoms with Crippen molar-refractivity contribution in [2.75, 3.05) is 17.5 Å². The fourth-order valence-corrected chi connectivity index (χ4v) is 5.94. The Hall–Kier alpha value is -1.72. The summed E-state index contributed by atoms with van der Waals surface area (Å²) in [6.07, 6.45) is 7.37. The van der Waals surface area contributed by atoms with Crippen LogP contribution in [0.25, 0.3) is 0 Å². The van der Waals surface area contributed by atoms with E-state index in [0.29, 0.717) is 32.6 Å². The van der Waals surface area contributed by atoms with Gasteiger partial charge in [-0.2, -0.15) is 0 Å². The molecule has 2 atom stereocenters. The van der Waals surface area contributed by atoms with Gasteiger partial charge in [0.15, 0.2) is 0 Å². The number of aliphatic hydroxyl groups is 1. The normalized spacial score (nSPS) is 22.7. The summed E-state index contributed by atoms with van der Waals surface area (Å²) in [4.78, 5) is 20.2. The molecular weight excluding hydrogens is 427 g/mol. The van der Waals surface area contributed by atoms with Gasteiger partial charge in [-0.3, -0.25) is 4.79 Å². The number of aliphatic hydroxyl groups excluding tert-OH is 1.